The van der Waals surface area contributed by atoms with Gasteiger partial charge in [0.1, 0.15) is 0 Å². The molecule has 2 N–H and O–H groups in total. The highest BCUT2D eigenvalue weighted by atomic mass is 79.9. The number of halogens is 1. The molecule has 0 amide bonds. The summed E-state index contributed by atoms with van der Waals surface area (Å²) in [6.07, 6.45) is 1.66. The summed E-state index contributed by atoms with van der Waals surface area (Å²) in [5, 5.41) is 7.57. The number of aromatic nitrogens is 3. The molecule has 0 radical (unpaired) electrons. The van der Waals surface area contributed by atoms with Crippen LogP contribution in [-0.4, -0.2) is 61.7 Å². The van der Waals surface area contributed by atoms with Crippen LogP contribution in [0.15, 0.2) is 46.0 Å². The highest BCUT2D eigenvalue weighted by Gasteiger charge is 2.17. The van der Waals surface area contributed by atoms with Crippen LogP contribution in [0, 0.1) is 6.92 Å². The van der Waals surface area contributed by atoms with Crippen LogP contribution in [0.2, 0.25) is 0 Å². The molecule has 2 heterocycles. The van der Waals surface area contributed by atoms with Gasteiger partial charge in [0.2, 0.25) is 17.8 Å². The number of hydrogen-bond acceptors (Lipinski definition) is 10. The van der Waals surface area contributed by atoms with Crippen molar-refractivity contribution in [2.24, 2.45) is 5.10 Å². The van der Waals surface area contributed by atoms with E-state index in [1.807, 2.05) is 43.3 Å². The Hall–Kier alpha value is -3.44. The SMILES string of the molecule is COc1ccc(/C=N/Nc2nc(Nc3ccc(C)cc3Br)nc(N3CCOCC3)n2)cc1OC. The lowest BCUT2D eigenvalue weighted by Crippen LogP contribution is -2.37. The van der Waals surface area contributed by atoms with Crippen molar-refractivity contribution in [3.63, 3.8) is 0 Å². The Bertz CT molecular complexity index is 1170. The van der Waals surface area contributed by atoms with Crippen LogP contribution in [0.1, 0.15) is 11.1 Å². The average molecular weight is 528 g/mol. The highest BCUT2D eigenvalue weighted by molar-refractivity contribution is 9.10. The number of morpholine rings is 1. The van der Waals surface area contributed by atoms with Gasteiger partial charge in [-0.2, -0.15) is 20.1 Å². The lowest BCUT2D eigenvalue weighted by atomic mass is 10.2. The van der Waals surface area contributed by atoms with Gasteiger partial charge in [-0.25, -0.2) is 5.43 Å². The molecule has 1 aliphatic heterocycles. The minimum atomic E-state index is 0.318. The third-order valence-electron chi connectivity index (χ3n) is 5.07. The van der Waals surface area contributed by atoms with Gasteiger partial charge >= 0.3 is 0 Å². The molecule has 178 valence electrons. The minimum Gasteiger partial charge on any atom is -0.493 e. The first kappa shape index (κ1) is 23.7. The highest BCUT2D eigenvalue weighted by Crippen LogP contribution is 2.28. The van der Waals surface area contributed by atoms with E-state index in [4.69, 9.17) is 14.2 Å². The Labute approximate surface area is 206 Å². The van der Waals surface area contributed by atoms with E-state index in [-0.39, 0.29) is 0 Å². The van der Waals surface area contributed by atoms with E-state index in [1.165, 1.54) is 0 Å². The van der Waals surface area contributed by atoms with Crippen LogP contribution in [0.3, 0.4) is 0 Å². The first-order valence-electron chi connectivity index (χ1n) is 10.7. The van der Waals surface area contributed by atoms with Crippen molar-refractivity contribution in [1.82, 2.24) is 15.0 Å². The molecule has 1 aromatic heterocycles. The Morgan fingerprint density at radius 1 is 1.00 bits per heavy atom. The summed E-state index contributed by atoms with van der Waals surface area (Å²) in [5.41, 5.74) is 5.74. The molecular weight excluding hydrogens is 502 g/mol. The monoisotopic (exact) mass is 527 g/mol. The average Bonchev–Trinajstić information content (AvgIpc) is 2.86. The van der Waals surface area contributed by atoms with Gasteiger partial charge in [-0.05, 0) is 64.3 Å². The summed E-state index contributed by atoms with van der Waals surface area (Å²) >= 11 is 3.59. The van der Waals surface area contributed by atoms with Gasteiger partial charge < -0.3 is 24.4 Å². The molecule has 34 heavy (non-hydrogen) atoms. The molecule has 3 aromatic rings. The molecular formula is C23H26BrN7O3. The summed E-state index contributed by atoms with van der Waals surface area (Å²) in [5.74, 6) is 2.55. The molecule has 0 atom stereocenters. The molecule has 0 aliphatic carbocycles. The Morgan fingerprint density at radius 2 is 1.76 bits per heavy atom. The lowest BCUT2D eigenvalue weighted by Gasteiger charge is -2.27. The second kappa shape index (κ2) is 11.1. The van der Waals surface area contributed by atoms with Crippen molar-refractivity contribution in [3.8, 4) is 11.5 Å². The van der Waals surface area contributed by atoms with Crippen LogP contribution in [-0.2, 0) is 4.74 Å². The van der Waals surface area contributed by atoms with Crippen LogP contribution >= 0.6 is 15.9 Å². The van der Waals surface area contributed by atoms with E-state index >= 15 is 0 Å². The molecule has 4 rings (SSSR count). The van der Waals surface area contributed by atoms with Gasteiger partial charge in [0, 0.05) is 17.6 Å². The first-order chi connectivity index (χ1) is 16.6. The van der Waals surface area contributed by atoms with E-state index in [9.17, 15) is 0 Å². The predicted octanol–water partition coefficient (Wildman–Crippen LogP) is 3.99. The topological polar surface area (TPSA) is 106 Å². The maximum atomic E-state index is 5.46. The molecule has 0 bridgehead atoms. The summed E-state index contributed by atoms with van der Waals surface area (Å²) in [7, 11) is 3.19. The second-order valence-electron chi connectivity index (χ2n) is 7.47. The van der Waals surface area contributed by atoms with Crippen LogP contribution in [0.25, 0.3) is 0 Å². The molecule has 0 saturated carbocycles. The number of hydrazone groups is 1. The van der Waals surface area contributed by atoms with Gasteiger partial charge in [-0.1, -0.05) is 6.07 Å². The first-order valence-corrected chi connectivity index (χ1v) is 11.5. The fraction of sp³-hybridized carbons (Fsp3) is 0.304. The Balaban J connectivity index is 1.57. The van der Waals surface area contributed by atoms with Gasteiger partial charge in [0.15, 0.2) is 11.5 Å². The van der Waals surface area contributed by atoms with E-state index in [0.717, 1.165) is 21.3 Å². The van der Waals surface area contributed by atoms with Gasteiger partial charge in [0.25, 0.3) is 0 Å². The van der Waals surface area contributed by atoms with Crippen molar-refractivity contribution in [2.45, 2.75) is 6.92 Å². The number of hydrogen-bond donors (Lipinski definition) is 2. The summed E-state index contributed by atoms with van der Waals surface area (Å²) in [4.78, 5) is 15.7. The number of methoxy groups -OCH3 is 2. The summed E-state index contributed by atoms with van der Waals surface area (Å²) < 4.78 is 17.0. The molecule has 1 saturated heterocycles. The molecule has 2 aromatic carbocycles. The normalized spacial score (nSPS) is 13.7. The molecule has 10 nitrogen and oxygen atoms in total. The number of anilines is 4. The number of rotatable bonds is 8. The molecule has 11 heteroatoms. The van der Waals surface area contributed by atoms with Gasteiger partial charge in [-0.15, -0.1) is 0 Å². The zero-order valence-corrected chi connectivity index (χ0v) is 20.8. The number of aryl methyl sites for hydroxylation is 1. The third-order valence-corrected chi connectivity index (χ3v) is 5.73. The lowest BCUT2D eigenvalue weighted by molar-refractivity contribution is 0.122. The Kier molecular flexibility index (Phi) is 7.76. The van der Waals surface area contributed by atoms with Gasteiger partial charge in [0.05, 0.1) is 39.3 Å². The van der Waals surface area contributed by atoms with Crippen molar-refractivity contribution in [3.05, 3.63) is 52.0 Å². The zero-order chi connectivity index (χ0) is 23.9. The smallest absolute Gasteiger partial charge is 0.250 e. The van der Waals surface area contributed by atoms with E-state index < -0.39 is 0 Å². The summed E-state index contributed by atoms with van der Waals surface area (Å²) in [6, 6.07) is 11.5. The minimum absolute atomic E-state index is 0.318. The van der Waals surface area contributed by atoms with Crippen molar-refractivity contribution >= 4 is 45.7 Å². The maximum Gasteiger partial charge on any atom is 0.250 e. The summed E-state index contributed by atoms with van der Waals surface area (Å²) in [6.45, 7) is 4.68. The van der Waals surface area contributed by atoms with Crippen molar-refractivity contribution in [1.29, 1.82) is 0 Å². The number of nitrogens with zero attached hydrogens (tertiary/aromatic N) is 5. The molecule has 1 aliphatic rings. The largest absolute Gasteiger partial charge is 0.493 e. The Morgan fingerprint density at radius 3 is 2.50 bits per heavy atom. The van der Waals surface area contributed by atoms with Gasteiger partial charge in [-0.3, -0.25) is 0 Å². The fourth-order valence-corrected chi connectivity index (χ4v) is 3.91. The number of benzene rings is 2. The second-order valence-corrected chi connectivity index (χ2v) is 8.33. The fourth-order valence-electron chi connectivity index (χ4n) is 3.32. The maximum absolute atomic E-state index is 5.46. The van der Waals surface area contributed by atoms with E-state index in [2.05, 4.69) is 51.6 Å². The third kappa shape index (κ3) is 5.91. The molecule has 1 fully saturated rings. The number of nitrogens with one attached hydrogen (secondary N) is 2. The van der Waals surface area contributed by atoms with Crippen LogP contribution in [0.4, 0.5) is 23.5 Å². The van der Waals surface area contributed by atoms with E-state index in [0.29, 0.717) is 55.6 Å². The standard InChI is InChI=1S/C23H26BrN7O3/c1-15-4-6-18(17(24)12-15)26-21-27-22(29-23(28-21)31-8-10-34-11-9-31)30-25-14-16-5-7-19(32-2)20(13-16)33-3/h4-7,12-14H,8-11H2,1-3H3,(H2,26,27,28,29,30)/b25-14+. The quantitative estimate of drug-likeness (QED) is 0.332. The predicted molar refractivity (Wildman–Crippen MR) is 136 cm³/mol. The van der Waals surface area contributed by atoms with Crippen molar-refractivity contribution < 1.29 is 14.2 Å². The van der Waals surface area contributed by atoms with E-state index in [1.54, 1.807) is 20.4 Å². The number of ether oxygens (including phenoxy) is 3. The zero-order valence-electron chi connectivity index (χ0n) is 19.2. The molecule has 0 unspecified atom stereocenters. The van der Waals surface area contributed by atoms with Crippen LogP contribution in [0.5, 0.6) is 11.5 Å². The molecule has 0 spiro atoms. The van der Waals surface area contributed by atoms with Crippen molar-refractivity contribution in [2.75, 3.05) is 56.2 Å². The van der Waals surface area contributed by atoms with Crippen LogP contribution < -0.4 is 25.1 Å².